The van der Waals surface area contributed by atoms with Crippen LogP contribution in [0.5, 0.6) is 0 Å². The lowest BCUT2D eigenvalue weighted by Gasteiger charge is -2.21. The molecule has 0 amide bonds. The molecule has 1 unspecified atom stereocenters. The second-order valence-electron chi connectivity index (χ2n) is 10.5. The van der Waals surface area contributed by atoms with Crippen molar-refractivity contribution >= 4 is 26.6 Å². The number of H-pyrrole nitrogens is 1. The lowest BCUT2D eigenvalue weighted by Crippen LogP contribution is -2.26. The first kappa shape index (κ1) is 22.0. The van der Waals surface area contributed by atoms with Crippen LogP contribution in [0, 0.1) is 11.8 Å². The molecule has 2 aliphatic carbocycles. The summed E-state index contributed by atoms with van der Waals surface area (Å²) in [5.74, 6) is 2.08. The number of likely N-dealkylation sites (tertiary alicyclic amines) is 1. The number of fused-ring (bicyclic) bond motifs is 2. The third-order valence-electron chi connectivity index (χ3n) is 8.13. The van der Waals surface area contributed by atoms with Crippen molar-refractivity contribution in [3.8, 4) is 0 Å². The molecule has 3 fully saturated rings. The molecule has 0 radical (unpaired) electrons. The summed E-state index contributed by atoms with van der Waals surface area (Å²) in [6.07, 6.45) is 8.83. The summed E-state index contributed by atoms with van der Waals surface area (Å²) in [6, 6.07) is 12.6. The van der Waals surface area contributed by atoms with E-state index < -0.39 is 9.84 Å². The first-order valence-electron chi connectivity index (χ1n) is 12.7. The summed E-state index contributed by atoms with van der Waals surface area (Å²) < 4.78 is 25.7. The minimum atomic E-state index is -3.37. The van der Waals surface area contributed by atoms with Gasteiger partial charge in [-0.05, 0) is 72.7 Å². The summed E-state index contributed by atoms with van der Waals surface area (Å²) in [5, 5.41) is 13.0. The van der Waals surface area contributed by atoms with Gasteiger partial charge in [0.2, 0.25) is 0 Å². The first-order chi connectivity index (χ1) is 16.5. The van der Waals surface area contributed by atoms with Crippen LogP contribution in [0.2, 0.25) is 0 Å². The quantitative estimate of drug-likeness (QED) is 0.545. The molecular formula is C26H33N5O2S. The van der Waals surface area contributed by atoms with Gasteiger partial charge in [0.1, 0.15) is 5.82 Å². The van der Waals surface area contributed by atoms with Gasteiger partial charge in [-0.2, -0.15) is 0 Å². The summed E-state index contributed by atoms with van der Waals surface area (Å²) >= 11 is 0. The van der Waals surface area contributed by atoms with Crippen LogP contribution >= 0.6 is 0 Å². The molecule has 3 atom stereocenters. The average molecular weight is 480 g/mol. The molecule has 1 aromatic carbocycles. The van der Waals surface area contributed by atoms with Crippen molar-refractivity contribution < 1.29 is 8.42 Å². The molecule has 1 saturated heterocycles. The Kier molecular flexibility index (Phi) is 5.81. The van der Waals surface area contributed by atoms with Crippen LogP contribution in [0.1, 0.15) is 50.5 Å². The topological polar surface area (TPSA) is 91.0 Å². The molecule has 3 aromatic rings. The van der Waals surface area contributed by atoms with Gasteiger partial charge < -0.3 is 10.3 Å². The highest BCUT2D eigenvalue weighted by Crippen LogP contribution is 2.39. The molecule has 3 heterocycles. The van der Waals surface area contributed by atoms with Crippen molar-refractivity contribution in [2.24, 2.45) is 11.8 Å². The van der Waals surface area contributed by atoms with E-state index in [1.807, 2.05) is 6.20 Å². The summed E-state index contributed by atoms with van der Waals surface area (Å²) in [5.41, 5.74) is 2.57. The molecular weight excluding hydrogens is 446 g/mol. The molecule has 0 bridgehead atoms. The van der Waals surface area contributed by atoms with Crippen LogP contribution in [-0.2, 0) is 16.4 Å². The molecule has 0 spiro atoms. The van der Waals surface area contributed by atoms with E-state index in [2.05, 4.69) is 49.7 Å². The van der Waals surface area contributed by atoms with Gasteiger partial charge in [-0.25, -0.2) is 8.42 Å². The van der Waals surface area contributed by atoms with Gasteiger partial charge in [0.25, 0.3) is 0 Å². The van der Waals surface area contributed by atoms with Crippen molar-refractivity contribution in [3.63, 3.8) is 0 Å². The highest BCUT2D eigenvalue weighted by Gasteiger charge is 2.41. The third-order valence-corrected chi connectivity index (χ3v) is 10.3. The number of nitrogens with zero attached hydrogens (tertiary/aromatic N) is 3. The van der Waals surface area contributed by atoms with Crippen molar-refractivity contribution in [2.75, 3.05) is 18.4 Å². The first-order valence-corrected chi connectivity index (χ1v) is 14.2. The van der Waals surface area contributed by atoms with E-state index in [1.54, 1.807) is 12.1 Å². The van der Waals surface area contributed by atoms with Crippen molar-refractivity contribution in [1.82, 2.24) is 20.1 Å². The average Bonchev–Trinajstić information content (AvgIpc) is 3.55. The number of anilines is 1. The number of hydrogen-bond acceptors (Lipinski definition) is 6. The molecule has 3 aliphatic rings. The van der Waals surface area contributed by atoms with Crippen LogP contribution < -0.4 is 5.32 Å². The van der Waals surface area contributed by atoms with Crippen molar-refractivity contribution in [3.05, 3.63) is 48.2 Å². The number of rotatable bonds is 6. The Morgan fingerprint density at radius 3 is 2.50 bits per heavy atom. The van der Waals surface area contributed by atoms with Gasteiger partial charge in [-0.3, -0.25) is 4.90 Å². The van der Waals surface area contributed by atoms with Gasteiger partial charge >= 0.3 is 0 Å². The SMILES string of the molecule is O=S(=O)(c1ccc(NC2C[C@@H]3CN(Cc4ccc5cc[nH]c5c4)C[C@@H]3C2)nn1)C1CCCCC1. The second-order valence-corrected chi connectivity index (χ2v) is 12.7. The fraction of sp³-hybridized carbons (Fsp3) is 0.538. The summed E-state index contributed by atoms with van der Waals surface area (Å²) in [4.78, 5) is 5.89. The lowest BCUT2D eigenvalue weighted by atomic mass is 10.0. The predicted molar refractivity (Wildman–Crippen MR) is 133 cm³/mol. The van der Waals surface area contributed by atoms with Crippen LogP contribution in [0.4, 0.5) is 5.82 Å². The number of hydrogen-bond donors (Lipinski definition) is 2. The number of benzene rings is 1. The minimum absolute atomic E-state index is 0.126. The van der Waals surface area contributed by atoms with Crippen molar-refractivity contribution in [2.45, 2.75) is 67.8 Å². The Morgan fingerprint density at radius 1 is 0.971 bits per heavy atom. The normalized spacial score (nSPS) is 26.2. The molecule has 7 nitrogen and oxygen atoms in total. The van der Waals surface area contributed by atoms with Crippen LogP contribution in [0.25, 0.3) is 10.9 Å². The lowest BCUT2D eigenvalue weighted by molar-refractivity contribution is 0.301. The zero-order valence-electron chi connectivity index (χ0n) is 19.5. The molecule has 34 heavy (non-hydrogen) atoms. The Bertz CT molecular complexity index is 1240. The molecule has 6 rings (SSSR count). The van der Waals surface area contributed by atoms with Gasteiger partial charge in [-0.15, -0.1) is 10.2 Å². The highest BCUT2D eigenvalue weighted by atomic mass is 32.2. The minimum Gasteiger partial charge on any atom is -0.366 e. The van der Waals surface area contributed by atoms with Crippen molar-refractivity contribution in [1.29, 1.82) is 0 Å². The number of sulfone groups is 1. The Morgan fingerprint density at radius 2 is 1.76 bits per heavy atom. The van der Waals surface area contributed by atoms with E-state index in [1.165, 1.54) is 16.5 Å². The smallest absolute Gasteiger partial charge is 0.200 e. The van der Waals surface area contributed by atoms with Crippen LogP contribution in [0.3, 0.4) is 0 Å². The van der Waals surface area contributed by atoms with Crippen LogP contribution in [-0.4, -0.2) is 52.9 Å². The van der Waals surface area contributed by atoms with E-state index in [0.29, 0.717) is 23.7 Å². The van der Waals surface area contributed by atoms with Gasteiger partial charge in [0.05, 0.1) is 5.25 Å². The molecule has 180 valence electrons. The summed E-state index contributed by atoms with van der Waals surface area (Å²) in [7, 11) is -3.37. The maximum atomic E-state index is 12.9. The van der Waals surface area contributed by atoms with Gasteiger partial charge in [-0.1, -0.05) is 31.4 Å². The Hall–Kier alpha value is -2.45. The molecule has 1 aliphatic heterocycles. The van der Waals surface area contributed by atoms with E-state index in [9.17, 15) is 8.42 Å². The largest absolute Gasteiger partial charge is 0.366 e. The monoisotopic (exact) mass is 479 g/mol. The van der Waals surface area contributed by atoms with E-state index in [4.69, 9.17) is 0 Å². The van der Waals surface area contributed by atoms with Crippen LogP contribution in [0.15, 0.2) is 47.6 Å². The summed E-state index contributed by atoms with van der Waals surface area (Å²) in [6.45, 7) is 3.27. The van der Waals surface area contributed by atoms with Gasteiger partial charge in [0.15, 0.2) is 14.9 Å². The Balaban J connectivity index is 1.03. The van der Waals surface area contributed by atoms with E-state index in [0.717, 1.165) is 64.6 Å². The maximum Gasteiger partial charge on any atom is 0.200 e. The highest BCUT2D eigenvalue weighted by molar-refractivity contribution is 7.92. The number of nitrogens with one attached hydrogen (secondary N) is 2. The molecule has 2 saturated carbocycles. The van der Waals surface area contributed by atoms with E-state index in [-0.39, 0.29) is 10.3 Å². The van der Waals surface area contributed by atoms with Gasteiger partial charge in [0, 0.05) is 37.4 Å². The third kappa shape index (κ3) is 4.33. The predicted octanol–water partition coefficient (Wildman–Crippen LogP) is 4.39. The fourth-order valence-electron chi connectivity index (χ4n) is 6.40. The fourth-order valence-corrected chi connectivity index (χ4v) is 8.11. The standard InChI is InChI=1S/C26H33N5O2S/c32-34(33,23-4-2-1-3-5-23)26-9-8-25(29-30-26)28-22-13-20-16-31(17-21(20)14-22)15-18-6-7-19-10-11-27-24(19)12-18/h6-12,20-23,27H,1-5,13-17H2,(H,28,29)/t20-,21+,22?. The molecule has 2 aromatic heterocycles. The Labute approximate surface area is 201 Å². The molecule has 2 N–H and O–H groups in total. The zero-order valence-corrected chi connectivity index (χ0v) is 20.3. The van der Waals surface area contributed by atoms with E-state index >= 15 is 0 Å². The number of aromatic nitrogens is 3. The molecule has 8 heteroatoms. The maximum absolute atomic E-state index is 12.9. The second kappa shape index (κ2) is 8.96. The number of aromatic amines is 1. The zero-order chi connectivity index (χ0) is 23.1.